The first-order valence-corrected chi connectivity index (χ1v) is 8.10. The second-order valence-corrected chi connectivity index (χ2v) is 6.00. The van der Waals surface area contributed by atoms with Gasteiger partial charge in [0.15, 0.2) is 11.5 Å². The summed E-state index contributed by atoms with van der Waals surface area (Å²) in [6.07, 6.45) is 0.113. The van der Waals surface area contributed by atoms with Crippen molar-refractivity contribution in [3.05, 3.63) is 34.7 Å². The summed E-state index contributed by atoms with van der Waals surface area (Å²) in [4.78, 5) is 24.1. The summed E-state index contributed by atoms with van der Waals surface area (Å²) < 4.78 is 20.4. The average molecular weight is 365 g/mol. The highest BCUT2D eigenvalue weighted by Crippen LogP contribution is 2.38. The van der Waals surface area contributed by atoms with Gasteiger partial charge in [0.2, 0.25) is 11.7 Å². The van der Waals surface area contributed by atoms with Gasteiger partial charge in [-0.1, -0.05) is 0 Å². The minimum absolute atomic E-state index is 0.113. The number of esters is 1. The van der Waals surface area contributed by atoms with Crippen LogP contribution in [0.2, 0.25) is 0 Å². The molecule has 0 atom stereocenters. The second kappa shape index (κ2) is 8.39. The van der Waals surface area contributed by atoms with Crippen LogP contribution >= 0.6 is 11.3 Å². The van der Waals surface area contributed by atoms with Gasteiger partial charge >= 0.3 is 5.97 Å². The Labute approximate surface area is 149 Å². The fourth-order valence-electron chi connectivity index (χ4n) is 2.22. The van der Waals surface area contributed by atoms with Crippen LogP contribution in [0.15, 0.2) is 24.3 Å². The molecule has 0 aliphatic heterocycles. The number of amides is 1. The quantitative estimate of drug-likeness (QED) is 0.760. The Balaban J connectivity index is 2.12. The van der Waals surface area contributed by atoms with E-state index in [2.05, 4.69) is 10.1 Å². The van der Waals surface area contributed by atoms with Crippen LogP contribution in [0.25, 0.3) is 0 Å². The summed E-state index contributed by atoms with van der Waals surface area (Å²) >= 11 is 1.15. The second-order valence-electron chi connectivity index (χ2n) is 4.91. The summed E-state index contributed by atoms with van der Waals surface area (Å²) in [5, 5.41) is 3.32. The predicted octanol–water partition coefficient (Wildman–Crippen LogP) is 2.74. The van der Waals surface area contributed by atoms with Gasteiger partial charge in [0.1, 0.15) is 4.88 Å². The number of carbonyl (C=O) groups is 2. The molecule has 2 aromatic rings. The van der Waals surface area contributed by atoms with Crippen molar-refractivity contribution in [2.45, 2.75) is 6.42 Å². The lowest BCUT2D eigenvalue weighted by Gasteiger charge is -2.14. The third-order valence-electron chi connectivity index (χ3n) is 3.34. The number of hydrogen-bond donors (Lipinski definition) is 1. The molecule has 134 valence electrons. The van der Waals surface area contributed by atoms with E-state index >= 15 is 0 Å². The van der Waals surface area contributed by atoms with Crippen LogP contribution in [0.3, 0.4) is 0 Å². The summed E-state index contributed by atoms with van der Waals surface area (Å²) in [7, 11) is 5.86. The van der Waals surface area contributed by atoms with E-state index in [1.54, 1.807) is 24.3 Å². The molecule has 25 heavy (non-hydrogen) atoms. The Kier molecular flexibility index (Phi) is 6.24. The number of benzene rings is 1. The molecule has 8 heteroatoms. The molecule has 0 aliphatic rings. The Bertz CT molecular complexity index is 745. The third-order valence-corrected chi connectivity index (χ3v) is 4.33. The van der Waals surface area contributed by atoms with Crippen LogP contribution in [0, 0.1) is 0 Å². The van der Waals surface area contributed by atoms with Crippen LogP contribution in [-0.4, -0.2) is 40.3 Å². The molecule has 2 rings (SSSR count). The Morgan fingerprint density at radius 3 is 2.16 bits per heavy atom. The monoisotopic (exact) mass is 365 g/mol. The van der Waals surface area contributed by atoms with E-state index in [1.807, 2.05) is 0 Å². The number of ether oxygens (including phenoxy) is 4. The maximum absolute atomic E-state index is 12.3. The number of thiophene rings is 1. The highest BCUT2D eigenvalue weighted by molar-refractivity contribution is 7.18. The van der Waals surface area contributed by atoms with Crippen molar-refractivity contribution in [3.63, 3.8) is 0 Å². The highest BCUT2D eigenvalue weighted by Gasteiger charge is 2.16. The summed E-state index contributed by atoms with van der Waals surface area (Å²) in [6, 6.07) is 6.69. The molecule has 1 heterocycles. The topological polar surface area (TPSA) is 83.1 Å². The summed E-state index contributed by atoms with van der Waals surface area (Å²) in [6.45, 7) is 0. The number of carbonyl (C=O) groups excluding carboxylic acids is 2. The molecule has 0 fully saturated rings. The van der Waals surface area contributed by atoms with Crippen molar-refractivity contribution in [1.82, 2.24) is 0 Å². The molecule has 1 N–H and O–H groups in total. The first-order chi connectivity index (χ1) is 12.0. The normalized spacial score (nSPS) is 10.1. The van der Waals surface area contributed by atoms with Crippen molar-refractivity contribution in [2.24, 2.45) is 0 Å². The van der Waals surface area contributed by atoms with Gasteiger partial charge < -0.3 is 24.3 Å². The van der Waals surface area contributed by atoms with E-state index in [-0.39, 0.29) is 12.3 Å². The molecule has 0 spiro atoms. The molecule has 1 aromatic carbocycles. The average Bonchev–Trinajstić information content (AvgIpc) is 3.08. The van der Waals surface area contributed by atoms with Gasteiger partial charge in [0.25, 0.3) is 0 Å². The molecule has 0 saturated heterocycles. The van der Waals surface area contributed by atoms with Gasteiger partial charge in [-0.15, -0.1) is 11.3 Å². The SMILES string of the molecule is COC(=O)c1ccc(NC(=O)Cc2cc(OC)c(OC)c(OC)c2)s1. The van der Waals surface area contributed by atoms with Gasteiger partial charge in [-0.3, -0.25) is 4.79 Å². The fraction of sp³-hybridized carbons (Fsp3) is 0.294. The smallest absolute Gasteiger partial charge is 0.348 e. The largest absolute Gasteiger partial charge is 0.493 e. The van der Waals surface area contributed by atoms with Gasteiger partial charge in [0.05, 0.1) is 39.9 Å². The molecule has 1 aromatic heterocycles. The van der Waals surface area contributed by atoms with Gasteiger partial charge in [-0.05, 0) is 29.8 Å². The molecular weight excluding hydrogens is 346 g/mol. The summed E-state index contributed by atoms with van der Waals surface area (Å²) in [5.74, 6) is 0.764. The highest BCUT2D eigenvalue weighted by atomic mass is 32.1. The van der Waals surface area contributed by atoms with Crippen molar-refractivity contribution in [3.8, 4) is 17.2 Å². The lowest BCUT2D eigenvalue weighted by atomic mass is 10.1. The molecule has 7 nitrogen and oxygen atoms in total. The third kappa shape index (κ3) is 4.42. The van der Waals surface area contributed by atoms with Crippen LogP contribution in [0.4, 0.5) is 5.00 Å². The molecule has 0 bridgehead atoms. The number of methoxy groups -OCH3 is 4. The van der Waals surface area contributed by atoms with E-state index < -0.39 is 5.97 Å². The number of hydrogen-bond acceptors (Lipinski definition) is 7. The maximum Gasteiger partial charge on any atom is 0.348 e. The Morgan fingerprint density at radius 1 is 1.00 bits per heavy atom. The minimum atomic E-state index is -0.435. The number of anilines is 1. The number of rotatable bonds is 7. The van der Waals surface area contributed by atoms with E-state index in [9.17, 15) is 9.59 Å². The van der Waals surface area contributed by atoms with Gasteiger partial charge in [-0.2, -0.15) is 0 Å². The first kappa shape index (κ1) is 18.6. The Morgan fingerprint density at radius 2 is 1.64 bits per heavy atom. The molecule has 0 radical (unpaired) electrons. The van der Waals surface area contributed by atoms with E-state index in [4.69, 9.17) is 14.2 Å². The maximum atomic E-state index is 12.3. The first-order valence-electron chi connectivity index (χ1n) is 7.29. The molecule has 1 amide bonds. The summed E-state index contributed by atoms with van der Waals surface area (Å²) in [5.41, 5.74) is 0.705. The standard InChI is InChI=1S/C17H19NO6S/c1-21-11-7-10(8-12(22-2)16(11)23-3)9-14(19)18-15-6-5-13(25-15)17(20)24-4/h5-8H,9H2,1-4H3,(H,18,19). The molecule has 0 unspecified atom stereocenters. The van der Waals surface area contributed by atoms with Crippen LogP contribution in [0.1, 0.15) is 15.2 Å². The predicted molar refractivity (Wildman–Crippen MR) is 94.1 cm³/mol. The van der Waals surface area contributed by atoms with E-state index in [1.165, 1.54) is 28.4 Å². The zero-order chi connectivity index (χ0) is 18.4. The minimum Gasteiger partial charge on any atom is -0.493 e. The van der Waals surface area contributed by atoms with Gasteiger partial charge in [-0.25, -0.2) is 4.79 Å². The zero-order valence-corrected chi connectivity index (χ0v) is 15.2. The number of nitrogens with one attached hydrogen (secondary N) is 1. The van der Waals surface area contributed by atoms with E-state index in [0.29, 0.717) is 32.7 Å². The zero-order valence-electron chi connectivity index (χ0n) is 14.4. The van der Waals surface area contributed by atoms with Crippen molar-refractivity contribution in [1.29, 1.82) is 0 Å². The molecule has 0 aliphatic carbocycles. The van der Waals surface area contributed by atoms with E-state index in [0.717, 1.165) is 11.3 Å². The van der Waals surface area contributed by atoms with Gasteiger partial charge in [0, 0.05) is 0 Å². The van der Waals surface area contributed by atoms with Crippen molar-refractivity contribution in [2.75, 3.05) is 33.8 Å². The van der Waals surface area contributed by atoms with Crippen LogP contribution < -0.4 is 19.5 Å². The van der Waals surface area contributed by atoms with Crippen molar-refractivity contribution >= 4 is 28.2 Å². The fourth-order valence-corrected chi connectivity index (χ4v) is 3.06. The molecule has 0 saturated carbocycles. The molecular formula is C17H19NO6S. The van der Waals surface area contributed by atoms with Crippen molar-refractivity contribution < 1.29 is 28.5 Å². The lowest BCUT2D eigenvalue weighted by molar-refractivity contribution is -0.115. The van der Waals surface area contributed by atoms with Crippen LogP contribution in [-0.2, 0) is 16.0 Å². The lowest BCUT2D eigenvalue weighted by Crippen LogP contribution is -2.13. The Hall–Kier alpha value is -2.74. The van der Waals surface area contributed by atoms with Crippen LogP contribution in [0.5, 0.6) is 17.2 Å².